The van der Waals surface area contributed by atoms with Crippen LogP contribution < -0.4 is 4.74 Å². The lowest BCUT2D eigenvalue weighted by molar-refractivity contribution is -0.0391. The number of hydrogen-bond donors (Lipinski definition) is 0. The standard InChI is InChI=1S/C10H10Br2O2/c11-7-4-8(12)6-9(5-7)14-10-2-1-3-13-10/h4-6,10H,1-3H2. The first-order valence-corrected chi connectivity index (χ1v) is 6.07. The second-order valence-corrected chi connectivity index (χ2v) is 5.00. The predicted molar refractivity (Wildman–Crippen MR) is 61.4 cm³/mol. The first-order valence-electron chi connectivity index (χ1n) is 4.48. The molecule has 1 aromatic rings. The van der Waals surface area contributed by atoms with Gasteiger partial charge >= 0.3 is 0 Å². The van der Waals surface area contributed by atoms with Crippen molar-refractivity contribution in [2.24, 2.45) is 0 Å². The Hall–Kier alpha value is -0.0600. The van der Waals surface area contributed by atoms with Crippen molar-refractivity contribution in [2.75, 3.05) is 6.61 Å². The summed E-state index contributed by atoms with van der Waals surface area (Å²) in [6.07, 6.45) is 1.99. The molecule has 1 aromatic carbocycles. The SMILES string of the molecule is Brc1cc(Br)cc(OC2CCCO2)c1. The Balaban J connectivity index is 2.07. The largest absolute Gasteiger partial charge is 0.465 e. The molecule has 0 amide bonds. The van der Waals surface area contributed by atoms with Crippen LogP contribution in [0.4, 0.5) is 0 Å². The molecule has 0 radical (unpaired) electrons. The fraction of sp³-hybridized carbons (Fsp3) is 0.400. The zero-order chi connectivity index (χ0) is 9.97. The number of rotatable bonds is 2. The van der Waals surface area contributed by atoms with E-state index in [9.17, 15) is 0 Å². The molecule has 0 N–H and O–H groups in total. The van der Waals surface area contributed by atoms with Gasteiger partial charge in [0.2, 0.25) is 0 Å². The van der Waals surface area contributed by atoms with Gasteiger partial charge < -0.3 is 9.47 Å². The van der Waals surface area contributed by atoms with Gasteiger partial charge in [-0.25, -0.2) is 0 Å². The molecule has 0 spiro atoms. The van der Waals surface area contributed by atoms with Crippen LogP contribution in [0.1, 0.15) is 12.8 Å². The van der Waals surface area contributed by atoms with E-state index in [2.05, 4.69) is 31.9 Å². The summed E-state index contributed by atoms with van der Waals surface area (Å²) in [6.45, 7) is 0.805. The van der Waals surface area contributed by atoms with Gasteiger partial charge in [0.1, 0.15) is 5.75 Å². The van der Waals surface area contributed by atoms with Crippen LogP contribution in [-0.2, 0) is 4.74 Å². The third-order valence-corrected chi connectivity index (χ3v) is 2.91. The maximum absolute atomic E-state index is 5.65. The number of ether oxygens (including phenoxy) is 2. The topological polar surface area (TPSA) is 18.5 Å². The van der Waals surface area contributed by atoms with Crippen molar-refractivity contribution in [3.8, 4) is 5.75 Å². The fourth-order valence-corrected chi connectivity index (χ4v) is 2.64. The molecule has 1 unspecified atom stereocenters. The zero-order valence-electron chi connectivity index (χ0n) is 7.50. The van der Waals surface area contributed by atoms with Crippen molar-refractivity contribution in [3.05, 3.63) is 27.1 Å². The van der Waals surface area contributed by atoms with Gasteiger partial charge in [0.05, 0.1) is 6.61 Å². The van der Waals surface area contributed by atoms with E-state index in [4.69, 9.17) is 9.47 Å². The van der Waals surface area contributed by atoms with Crippen LogP contribution in [0.15, 0.2) is 27.1 Å². The molecule has 0 aliphatic carbocycles. The summed E-state index contributed by atoms with van der Waals surface area (Å²) in [4.78, 5) is 0. The van der Waals surface area contributed by atoms with Gasteiger partial charge in [0.15, 0.2) is 6.29 Å². The Morgan fingerprint density at radius 3 is 2.50 bits per heavy atom. The van der Waals surface area contributed by atoms with Crippen molar-refractivity contribution in [1.82, 2.24) is 0 Å². The second-order valence-electron chi connectivity index (χ2n) is 3.17. The van der Waals surface area contributed by atoms with Gasteiger partial charge in [-0.3, -0.25) is 0 Å². The van der Waals surface area contributed by atoms with Crippen molar-refractivity contribution in [3.63, 3.8) is 0 Å². The molecule has 2 rings (SSSR count). The molecule has 76 valence electrons. The summed E-state index contributed by atoms with van der Waals surface area (Å²) >= 11 is 6.82. The molecule has 1 aliphatic rings. The molecule has 2 nitrogen and oxygen atoms in total. The first kappa shape index (κ1) is 10.5. The molecule has 4 heteroatoms. The highest BCUT2D eigenvalue weighted by Crippen LogP contribution is 2.27. The number of hydrogen-bond acceptors (Lipinski definition) is 2. The Morgan fingerprint density at radius 2 is 1.93 bits per heavy atom. The van der Waals surface area contributed by atoms with Crippen molar-refractivity contribution in [2.45, 2.75) is 19.1 Å². The van der Waals surface area contributed by atoms with Gasteiger partial charge in [-0.05, 0) is 24.6 Å². The van der Waals surface area contributed by atoms with Crippen LogP contribution in [0.5, 0.6) is 5.75 Å². The quantitative estimate of drug-likeness (QED) is 0.826. The predicted octanol–water partition coefficient (Wildman–Crippen LogP) is 3.73. The minimum Gasteiger partial charge on any atom is -0.465 e. The van der Waals surface area contributed by atoms with Gasteiger partial charge in [-0.1, -0.05) is 31.9 Å². The maximum Gasteiger partial charge on any atom is 0.199 e. The summed E-state index contributed by atoms with van der Waals surface area (Å²) in [7, 11) is 0. The monoisotopic (exact) mass is 320 g/mol. The molecule has 1 aliphatic heterocycles. The van der Waals surface area contributed by atoms with E-state index in [1.54, 1.807) is 0 Å². The van der Waals surface area contributed by atoms with Crippen LogP contribution in [0.25, 0.3) is 0 Å². The molecule has 0 saturated carbocycles. The van der Waals surface area contributed by atoms with Gasteiger partial charge in [-0.2, -0.15) is 0 Å². The van der Waals surface area contributed by atoms with Crippen molar-refractivity contribution in [1.29, 1.82) is 0 Å². The minimum atomic E-state index is -0.0730. The number of benzene rings is 1. The molecule has 1 heterocycles. The van der Waals surface area contributed by atoms with Crippen LogP contribution in [0.2, 0.25) is 0 Å². The van der Waals surface area contributed by atoms with Gasteiger partial charge in [0, 0.05) is 15.4 Å². The molecule has 1 atom stereocenters. The fourth-order valence-electron chi connectivity index (χ4n) is 1.39. The molecular formula is C10H10Br2O2. The first-order chi connectivity index (χ1) is 6.74. The van der Waals surface area contributed by atoms with E-state index in [0.29, 0.717) is 0 Å². The van der Waals surface area contributed by atoms with Gasteiger partial charge in [-0.15, -0.1) is 0 Å². The maximum atomic E-state index is 5.65. The summed E-state index contributed by atoms with van der Waals surface area (Å²) < 4.78 is 13.0. The third kappa shape index (κ3) is 2.72. The van der Waals surface area contributed by atoms with E-state index in [-0.39, 0.29) is 6.29 Å². The molecule has 0 aromatic heterocycles. The lowest BCUT2D eigenvalue weighted by Crippen LogP contribution is -2.13. The summed E-state index contributed by atoms with van der Waals surface area (Å²) in [6, 6.07) is 5.85. The van der Waals surface area contributed by atoms with E-state index in [1.165, 1.54) is 0 Å². The third-order valence-electron chi connectivity index (χ3n) is 1.99. The van der Waals surface area contributed by atoms with E-state index in [0.717, 1.165) is 34.1 Å². The molecule has 0 bridgehead atoms. The van der Waals surface area contributed by atoms with Crippen molar-refractivity contribution >= 4 is 31.9 Å². The van der Waals surface area contributed by atoms with E-state index < -0.39 is 0 Å². The van der Waals surface area contributed by atoms with Crippen LogP contribution in [0.3, 0.4) is 0 Å². The lowest BCUT2D eigenvalue weighted by Gasteiger charge is -2.13. The van der Waals surface area contributed by atoms with Crippen molar-refractivity contribution < 1.29 is 9.47 Å². The molecule has 14 heavy (non-hydrogen) atoms. The van der Waals surface area contributed by atoms with E-state index >= 15 is 0 Å². The summed E-state index contributed by atoms with van der Waals surface area (Å²) in [5, 5.41) is 0. The Morgan fingerprint density at radius 1 is 1.21 bits per heavy atom. The Bertz CT molecular complexity index is 302. The average Bonchev–Trinajstić information content (AvgIpc) is 2.54. The average molecular weight is 322 g/mol. The lowest BCUT2D eigenvalue weighted by atomic mass is 10.3. The minimum absolute atomic E-state index is 0.0730. The summed E-state index contributed by atoms with van der Waals surface area (Å²) in [5.74, 6) is 0.832. The van der Waals surface area contributed by atoms with Crippen LogP contribution in [0, 0.1) is 0 Å². The number of halogens is 2. The Kier molecular flexibility index (Phi) is 3.47. The highest BCUT2D eigenvalue weighted by molar-refractivity contribution is 9.11. The van der Waals surface area contributed by atoms with Crippen LogP contribution >= 0.6 is 31.9 Å². The molecule has 1 saturated heterocycles. The normalized spacial score (nSPS) is 21.1. The molecular weight excluding hydrogens is 312 g/mol. The highest BCUT2D eigenvalue weighted by Gasteiger charge is 2.16. The smallest absolute Gasteiger partial charge is 0.199 e. The molecule has 1 fully saturated rings. The van der Waals surface area contributed by atoms with Crippen LogP contribution in [-0.4, -0.2) is 12.9 Å². The summed E-state index contributed by atoms with van der Waals surface area (Å²) in [5.41, 5.74) is 0. The van der Waals surface area contributed by atoms with Gasteiger partial charge in [0.25, 0.3) is 0 Å². The van der Waals surface area contributed by atoms with E-state index in [1.807, 2.05) is 18.2 Å². The highest BCUT2D eigenvalue weighted by atomic mass is 79.9. The Labute approximate surface area is 99.8 Å². The zero-order valence-corrected chi connectivity index (χ0v) is 10.7. The second kappa shape index (κ2) is 4.64.